The molecule has 2 heterocycles. The number of aromatic amines is 1. The van der Waals surface area contributed by atoms with Crippen LogP contribution in [-0.2, 0) is 16.8 Å². The van der Waals surface area contributed by atoms with Gasteiger partial charge in [0.25, 0.3) is 0 Å². The zero-order valence-electron chi connectivity index (χ0n) is 10.9. The van der Waals surface area contributed by atoms with Gasteiger partial charge in [-0.25, -0.2) is 4.79 Å². The molecule has 3 rings (SSSR count). The Bertz CT molecular complexity index is 662. The minimum Gasteiger partial charge on any atom is -0.495 e. The van der Waals surface area contributed by atoms with Crippen LogP contribution in [0.25, 0.3) is 10.9 Å². The maximum Gasteiger partial charge on any atom is 0.329 e. The SMILES string of the molecule is COc1cccc2c3c([nH]c12)C(C)(C(=O)O)NCC3. The maximum absolute atomic E-state index is 11.6. The van der Waals surface area contributed by atoms with E-state index in [1.54, 1.807) is 14.0 Å². The Morgan fingerprint density at radius 1 is 1.47 bits per heavy atom. The number of ether oxygens (including phenoxy) is 1. The summed E-state index contributed by atoms with van der Waals surface area (Å²) < 4.78 is 5.33. The molecule has 0 bridgehead atoms. The smallest absolute Gasteiger partial charge is 0.329 e. The fourth-order valence-corrected chi connectivity index (χ4v) is 2.81. The molecule has 0 amide bonds. The van der Waals surface area contributed by atoms with Crippen LogP contribution in [0.3, 0.4) is 0 Å². The molecule has 5 nitrogen and oxygen atoms in total. The highest BCUT2D eigenvalue weighted by atomic mass is 16.5. The standard InChI is InChI=1S/C14H16N2O3/c1-14(13(17)18)12-9(6-7-15-14)8-4-3-5-10(19-2)11(8)16-12/h3-5,15-16H,6-7H2,1-2H3,(H,17,18). The first-order valence-electron chi connectivity index (χ1n) is 6.24. The first-order valence-corrected chi connectivity index (χ1v) is 6.24. The van der Waals surface area contributed by atoms with Crippen molar-refractivity contribution in [1.29, 1.82) is 0 Å². The van der Waals surface area contributed by atoms with Gasteiger partial charge in [0.1, 0.15) is 5.75 Å². The van der Waals surface area contributed by atoms with Crippen LogP contribution in [0.1, 0.15) is 18.2 Å². The van der Waals surface area contributed by atoms with Crippen molar-refractivity contribution in [2.75, 3.05) is 13.7 Å². The topological polar surface area (TPSA) is 74.4 Å². The molecule has 1 aromatic heterocycles. The average Bonchev–Trinajstić information content (AvgIpc) is 2.79. The Morgan fingerprint density at radius 3 is 2.95 bits per heavy atom. The number of carboxylic acids is 1. The molecular formula is C14H16N2O3. The van der Waals surface area contributed by atoms with Gasteiger partial charge in [0.05, 0.1) is 18.3 Å². The van der Waals surface area contributed by atoms with Crippen LogP contribution in [-0.4, -0.2) is 29.7 Å². The summed E-state index contributed by atoms with van der Waals surface area (Å²) in [6.07, 6.45) is 0.811. The lowest BCUT2D eigenvalue weighted by molar-refractivity contribution is -0.145. The molecule has 1 aliphatic heterocycles. The number of aromatic nitrogens is 1. The number of hydrogen-bond acceptors (Lipinski definition) is 3. The molecule has 0 radical (unpaired) electrons. The van der Waals surface area contributed by atoms with Crippen molar-refractivity contribution in [1.82, 2.24) is 10.3 Å². The summed E-state index contributed by atoms with van der Waals surface area (Å²) in [4.78, 5) is 14.8. The summed E-state index contributed by atoms with van der Waals surface area (Å²) in [5.74, 6) is -0.140. The first kappa shape index (κ1) is 12.0. The molecule has 0 aliphatic carbocycles. The second kappa shape index (κ2) is 3.99. The Kier molecular flexibility index (Phi) is 2.53. The third kappa shape index (κ3) is 1.55. The summed E-state index contributed by atoms with van der Waals surface area (Å²) >= 11 is 0. The molecule has 0 fully saturated rings. The summed E-state index contributed by atoms with van der Waals surface area (Å²) in [7, 11) is 1.61. The van der Waals surface area contributed by atoms with Crippen LogP contribution in [0.5, 0.6) is 5.75 Å². The monoisotopic (exact) mass is 260 g/mol. The third-order valence-electron chi connectivity index (χ3n) is 3.90. The van der Waals surface area contributed by atoms with Gasteiger partial charge in [-0.15, -0.1) is 0 Å². The van der Waals surface area contributed by atoms with E-state index < -0.39 is 11.5 Å². The van der Waals surface area contributed by atoms with E-state index in [1.165, 1.54) is 0 Å². The van der Waals surface area contributed by atoms with Crippen molar-refractivity contribution in [3.8, 4) is 5.75 Å². The van der Waals surface area contributed by atoms with E-state index in [9.17, 15) is 9.90 Å². The van der Waals surface area contributed by atoms with Crippen molar-refractivity contribution < 1.29 is 14.6 Å². The number of H-pyrrole nitrogens is 1. The number of aliphatic carboxylic acids is 1. The summed E-state index contributed by atoms with van der Waals surface area (Å²) in [6.45, 7) is 2.34. The van der Waals surface area contributed by atoms with Crippen molar-refractivity contribution in [3.05, 3.63) is 29.5 Å². The number of rotatable bonds is 2. The van der Waals surface area contributed by atoms with Crippen molar-refractivity contribution >= 4 is 16.9 Å². The number of carbonyl (C=O) groups is 1. The van der Waals surface area contributed by atoms with Gasteiger partial charge in [-0.3, -0.25) is 5.32 Å². The van der Waals surface area contributed by atoms with E-state index >= 15 is 0 Å². The summed E-state index contributed by atoms with van der Waals surface area (Å²) in [6, 6.07) is 5.80. The molecule has 100 valence electrons. The van der Waals surface area contributed by atoms with Crippen LogP contribution in [0.4, 0.5) is 0 Å². The molecule has 1 atom stereocenters. The van der Waals surface area contributed by atoms with E-state index in [0.29, 0.717) is 6.54 Å². The molecule has 2 aromatic rings. The minimum absolute atomic E-state index is 0.653. The molecule has 0 saturated carbocycles. The molecule has 19 heavy (non-hydrogen) atoms. The van der Waals surface area contributed by atoms with E-state index in [2.05, 4.69) is 10.3 Å². The molecule has 5 heteroatoms. The fraction of sp³-hybridized carbons (Fsp3) is 0.357. The van der Waals surface area contributed by atoms with Crippen LogP contribution < -0.4 is 10.1 Å². The van der Waals surface area contributed by atoms with Crippen molar-refractivity contribution in [2.45, 2.75) is 18.9 Å². The van der Waals surface area contributed by atoms with Crippen LogP contribution in [0.2, 0.25) is 0 Å². The Labute approximate surface area is 110 Å². The molecule has 1 aliphatic rings. The molecule has 1 aromatic carbocycles. The fourth-order valence-electron chi connectivity index (χ4n) is 2.81. The second-order valence-corrected chi connectivity index (χ2v) is 4.97. The van der Waals surface area contributed by atoms with Gasteiger partial charge in [0.15, 0.2) is 5.54 Å². The van der Waals surface area contributed by atoms with E-state index in [1.807, 2.05) is 18.2 Å². The highest BCUT2D eigenvalue weighted by Crippen LogP contribution is 2.36. The minimum atomic E-state index is -1.07. The zero-order chi connectivity index (χ0) is 13.6. The Balaban J connectivity index is 2.32. The first-order chi connectivity index (χ1) is 9.08. The second-order valence-electron chi connectivity index (χ2n) is 4.97. The van der Waals surface area contributed by atoms with Gasteiger partial charge in [0, 0.05) is 11.9 Å². The van der Waals surface area contributed by atoms with Gasteiger partial charge in [-0.2, -0.15) is 0 Å². The number of carboxylic acid groups (broad SMARTS) is 1. The lowest BCUT2D eigenvalue weighted by atomic mass is 9.89. The predicted molar refractivity (Wildman–Crippen MR) is 71.5 cm³/mol. The highest BCUT2D eigenvalue weighted by molar-refractivity contribution is 5.93. The van der Waals surface area contributed by atoms with Crippen molar-refractivity contribution in [3.63, 3.8) is 0 Å². The lowest BCUT2D eigenvalue weighted by Gasteiger charge is -2.30. The molecule has 0 saturated heterocycles. The molecule has 1 unspecified atom stereocenters. The van der Waals surface area contributed by atoms with Gasteiger partial charge in [-0.05, 0) is 25.0 Å². The lowest BCUT2D eigenvalue weighted by Crippen LogP contribution is -2.50. The van der Waals surface area contributed by atoms with E-state index in [-0.39, 0.29) is 0 Å². The van der Waals surface area contributed by atoms with Crippen LogP contribution >= 0.6 is 0 Å². The third-order valence-corrected chi connectivity index (χ3v) is 3.90. The normalized spacial score (nSPS) is 22.2. The number of fused-ring (bicyclic) bond motifs is 3. The number of methoxy groups -OCH3 is 1. The van der Waals surface area contributed by atoms with E-state index in [0.717, 1.165) is 34.3 Å². The predicted octanol–water partition coefficient (Wildman–Crippen LogP) is 1.62. The Morgan fingerprint density at radius 2 is 2.26 bits per heavy atom. The van der Waals surface area contributed by atoms with Crippen LogP contribution in [0, 0.1) is 0 Å². The summed E-state index contributed by atoms with van der Waals surface area (Å²) in [5, 5.41) is 13.6. The Hall–Kier alpha value is -2.01. The van der Waals surface area contributed by atoms with Gasteiger partial charge in [0.2, 0.25) is 0 Å². The number of para-hydroxylation sites is 1. The summed E-state index contributed by atoms with van der Waals surface area (Å²) in [5.41, 5.74) is 1.59. The highest BCUT2D eigenvalue weighted by Gasteiger charge is 2.41. The number of nitrogens with one attached hydrogen (secondary N) is 2. The maximum atomic E-state index is 11.6. The quantitative estimate of drug-likeness (QED) is 0.767. The van der Waals surface area contributed by atoms with Gasteiger partial charge >= 0.3 is 5.97 Å². The number of benzene rings is 1. The van der Waals surface area contributed by atoms with Crippen molar-refractivity contribution in [2.24, 2.45) is 0 Å². The zero-order valence-corrected chi connectivity index (χ0v) is 10.9. The number of hydrogen-bond donors (Lipinski definition) is 3. The average molecular weight is 260 g/mol. The largest absolute Gasteiger partial charge is 0.495 e. The molecule has 0 spiro atoms. The molecule has 3 N–H and O–H groups in total. The molecular weight excluding hydrogens is 244 g/mol. The van der Waals surface area contributed by atoms with Crippen LogP contribution in [0.15, 0.2) is 18.2 Å². The van der Waals surface area contributed by atoms with E-state index in [4.69, 9.17) is 4.74 Å². The van der Waals surface area contributed by atoms with Gasteiger partial charge in [-0.1, -0.05) is 12.1 Å². The van der Waals surface area contributed by atoms with Gasteiger partial charge < -0.3 is 14.8 Å².